The Hall–Kier alpha value is -3.92. The number of thiazole rings is 1. The summed E-state index contributed by atoms with van der Waals surface area (Å²) in [7, 11) is 0. The summed E-state index contributed by atoms with van der Waals surface area (Å²) in [4.78, 5) is 43.3. The number of alkyl carbamates (subject to hydrolysis) is 1. The Labute approximate surface area is 201 Å². The Morgan fingerprint density at radius 3 is 2.47 bits per heavy atom. The van der Waals surface area contributed by atoms with Gasteiger partial charge in [-0.2, -0.15) is 0 Å². The molecule has 0 aliphatic carbocycles. The van der Waals surface area contributed by atoms with Gasteiger partial charge in [-0.1, -0.05) is 36.4 Å². The van der Waals surface area contributed by atoms with Gasteiger partial charge < -0.3 is 20.5 Å². The SMILES string of the molecule is CC(C)(C)OC(=O)N[C@H](C(=O)Nc1cccc(N(Cc2cncs2)C(=O)O)c1)c1ccccc1. The molecular weight excluding hydrogens is 456 g/mol. The first-order valence-electron chi connectivity index (χ1n) is 10.5. The predicted octanol–water partition coefficient (Wildman–Crippen LogP) is 5.03. The van der Waals surface area contributed by atoms with Gasteiger partial charge in [-0.05, 0) is 44.5 Å². The number of hydrogen-bond acceptors (Lipinski definition) is 6. The Bertz CT molecular complexity index is 1130. The number of rotatable bonds is 7. The fraction of sp³-hybridized carbons (Fsp3) is 0.250. The average Bonchev–Trinajstić information content (AvgIpc) is 3.28. The molecule has 10 heteroatoms. The van der Waals surface area contributed by atoms with E-state index in [-0.39, 0.29) is 6.54 Å². The minimum absolute atomic E-state index is 0.129. The van der Waals surface area contributed by atoms with Crippen LogP contribution in [0.25, 0.3) is 0 Å². The van der Waals surface area contributed by atoms with Gasteiger partial charge in [-0.25, -0.2) is 9.59 Å². The van der Waals surface area contributed by atoms with Crippen LogP contribution in [0.4, 0.5) is 21.0 Å². The van der Waals surface area contributed by atoms with E-state index in [0.717, 1.165) is 9.78 Å². The largest absolute Gasteiger partial charge is 0.465 e. The molecule has 0 aliphatic rings. The fourth-order valence-corrected chi connectivity index (χ4v) is 3.67. The first kappa shape index (κ1) is 24.7. The molecule has 178 valence electrons. The Kier molecular flexibility index (Phi) is 7.85. The number of hydrogen-bond donors (Lipinski definition) is 3. The molecule has 0 aliphatic heterocycles. The van der Waals surface area contributed by atoms with Crippen LogP contribution in [0, 0.1) is 0 Å². The maximum Gasteiger partial charge on any atom is 0.412 e. The van der Waals surface area contributed by atoms with Crippen LogP contribution in [0.1, 0.15) is 37.3 Å². The zero-order chi connectivity index (χ0) is 24.7. The van der Waals surface area contributed by atoms with Crippen molar-refractivity contribution < 1.29 is 24.2 Å². The Morgan fingerprint density at radius 1 is 1.12 bits per heavy atom. The third-order valence-corrected chi connectivity index (χ3v) is 5.27. The zero-order valence-electron chi connectivity index (χ0n) is 19.0. The number of ether oxygens (including phenoxy) is 1. The van der Waals surface area contributed by atoms with Gasteiger partial charge >= 0.3 is 12.2 Å². The minimum atomic E-state index is -1.13. The second kappa shape index (κ2) is 10.8. The number of benzene rings is 2. The molecule has 1 atom stereocenters. The Morgan fingerprint density at radius 2 is 1.85 bits per heavy atom. The van der Waals surface area contributed by atoms with Crippen LogP contribution in [-0.4, -0.2) is 33.8 Å². The van der Waals surface area contributed by atoms with Gasteiger partial charge in [-0.15, -0.1) is 11.3 Å². The third kappa shape index (κ3) is 7.04. The normalized spacial score (nSPS) is 11.9. The van der Waals surface area contributed by atoms with E-state index in [9.17, 15) is 19.5 Å². The number of anilines is 2. The molecule has 0 spiro atoms. The van der Waals surface area contributed by atoms with Crippen LogP contribution < -0.4 is 15.5 Å². The van der Waals surface area contributed by atoms with Gasteiger partial charge in [0.2, 0.25) is 0 Å². The molecule has 2 aromatic carbocycles. The highest BCUT2D eigenvalue weighted by Gasteiger charge is 2.26. The molecule has 9 nitrogen and oxygen atoms in total. The second-order valence-electron chi connectivity index (χ2n) is 8.37. The number of carbonyl (C=O) groups is 3. The molecule has 3 aromatic rings. The van der Waals surface area contributed by atoms with Gasteiger partial charge in [0.25, 0.3) is 5.91 Å². The highest BCUT2D eigenvalue weighted by atomic mass is 32.1. The van der Waals surface area contributed by atoms with Gasteiger partial charge in [0, 0.05) is 22.4 Å². The van der Waals surface area contributed by atoms with E-state index in [1.54, 1.807) is 87.1 Å². The molecule has 1 aromatic heterocycles. The van der Waals surface area contributed by atoms with Gasteiger partial charge in [-0.3, -0.25) is 14.7 Å². The molecule has 0 unspecified atom stereocenters. The topological polar surface area (TPSA) is 121 Å². The molecule has 0 radical (unpaired) electrons. The van der Waals surface area contributed by atoms with E-state index in [2.05, 4.69) is 15.6 Å². The highest BCUT2D eigenvalue weighted by molar-refractivity contribution is 7.09. The third-order valence-electron chi connectivity index (χ3n) is 4.51. The number of amides is 3. The van der Waals surface area contributed by atoms with Crippen LogP contribution in [0.5, 0.6) is 0 Å². The molecule has 3 amide bonds. The van der Waals surface area contributed by atoms with E-state index in [0.29, 0.717) is 16.9 Å². The number of aromatic nitrogens is 1. The number of carboxylic acid groups (broad SMARTS) is 1. The summed E-state index contributed by atoms with van der Waals surface area (Å²) in [5, 5.41) is 15.1. The van der Waals surface area contributed by atoms with Gasteiger partial charge in [0.05, 0.1) is 12.1 Å². The zero-order valence-corrected chi connectivity index (χ0v) is 19.8. The Balaban J connectivity index is 1.81. The average molecular weight is 483 g/mol. The summed E-state index contributed by atoms with van der Waals surface area (Å²) in [6.45, 7) is 5.33. The van der Waals surface area contributed by atoms with E-state index in [1.807, 2.05) is 0 Å². The van der Waals surface area contributed by atoms with E-state index >= 15 is 0 Å². The van der Waals surface area contributed by atoms with Crippen molar-refractivity contribution in [1.82, 2.24) is 10.3 Å². The summed E-state index contributed by atoms with van der Waals surface area (Å²) >= 11 is 1.35. The highest BCUT2D eigenvalue weighted by Crippen LogP contribution is 2.24. The maximum atomic E-state index is 13.2. The summed E-state index contributed by atoms with van der Waals surface area (Å²) in [6, 6.07) is 14.2. The minimum Gasteiger partial charge on any atom is -0.465 e. The molecule has 0 bridgehead atoms. The lowest BCUT2D eigenvalue weighted by Crippen LogP contribution is -2.40. The molecular formula is C24H26N4O5S. The number of nitrogens with one attached hydrogen (secondary N) is 2. The summed E-state index contributed by atoms with van der Waals surface area (Å²) in [5.41, 5.74) is 2.24. The lowest BCUT2D eigenvalue weighted by atomic mass is 10.1. The predicted molar refractivity (Wildman–Crippen MR) is 130 cm³/mol. The molecule has 3 N–H and O–H groups in total. The van der Waals surface area contributed by atoms with E-state index < -0.39 is 29.7 Å². The van der Waals surface area contributed by atoms with Crippen molar-refractivity contribution in [3.8, 4) is 0 Å². The lowest BCUT2D eigenvalue weighted by Gasteiger charge is -2.24. The van der Waals surface area contributed by atoms with Crippen molar-refractivity contribution in [3.05, 3.63) is 76.7 Å². The molecule has 1 heterocycles. The van der Waals surface area contributed by atoms with Crippen molar-refractivity contribution in [2.45, 2.75) is 39.0 Å². The van der Waals surface area contributed by atoms with Crippen molar-refractivity contribution in [2.75, 3.05) is 10.2 Å². The van der Waals surface area contributed by atoms with Crippen molar-refractivity contribution in [3.63, 3.8) is 0 Å². The van der Waals surface area contributed by atoms with E-state index in [1.165, 1.54) is 11.3 Å². The fourth-order valence-electron chi connectivity index (χ4n) is 3.08. The van der Waals surface area contributed by atoms with Crippen LogP contribution >= 0.6 is 11.3 Å². The number of nitrogens with zero attached hydrogens (tertiary/aromatic N) is 2. The molecule has 0 saturated heterocycles. The molecule has 0 fully saturated rings. The second-order valence-corrected chi connectivity index (χ2v) is 9.34. The monoisotopic (exact) mass is 482 g/mol. The van der Waals surface area contributed by atoms with Gasteiger partial charge in [0.1, 0.15) is 11.6 Å². The van der Waals surface area contributed by atoms with Crippen LogP contribution in [0.15, 0.2) is 66.3 Å². The summed E-state index contributed by atoms with van der Waals surface area (Å²) in [5.74, 6) is -0.501. The molecule has 0 saturated carbocycles. The number of carbonyl (C=O) groups excluding carboxylic acids is 2. The first-order chi connectivity index (χ1) is 16.1. The van der Waals surface area contributed by atoms with Crippen LogP contribution in [-0.2, 0) is 16.1 Å². The molecule has 34 heavy (non-hydrogen) atoms. The van der Waals surface area contributed by atoms with Crippen LogP contribution in [0.2, 0.25) is 0 Å². The standard InChI is InChI=1S/C24H26N4O5S/c1-24(2,3)33-22(30)27-20(16-8-5-4-6-9-16)21(29)26-17-10-7-11-18(12-17)28(23(31)32)14-19-13-25-15-34-19/h4-13,15,20H,14H2,1-3H3,(H,26,29)(H,27,30)(H,31,32)/t20-/m0/s1. The van der Waals surface area contributed by atoms with Crippen molar-refractivity contribution in [1.29, 1.82) is 0 Å². The smallest absolute Gasteiger partial charge is 0.412 e. The van der Waals surface area contributed by atoms with Crippen molar-refractivity contribution >= 4 is 40.8 Å². The van der Waals surface area contributed by atoms with Crippen LogP contribution in [0.3, 0.4) is 0 Å². The lowest BCUT2D eigenvalue weighted by molar-refractivity contribution is -0.118. The maximum absolute atomic E-state index is 13.2. The summed E-state index contributed by atoms with van der Waals surface area (Å²) in [6.07, 6.45) is -0.253. The summed E-state index contributed by atoms with van der Waals surface area (Å²) < 4.78 is 5.31. The van der Waals surface area contributed by atoms with Crippen molar-refractivity contribution in [2.24, 2.45) is 0 Å². The van der Waals surface area contributed by atoms with E-state index in [4.69, 9.17) is 4.74 Å². The quantitative estimate of drug-likeness (QED) is 0.434. The van der Waals surface area contributed by atoms with Gasteiger partial charge in [0.15, 0.2) is 0 Å². The molecule has 3 rings (SSSR count). The first-order valence-corrected chi connectivity index (χ1v) is 11.3.